The first-order chi connectivity index (χ1) is 21.6. The zero-order valence-electron chi connectivity index (χ0n) is 25.0. The average molecular weight is 669 g/mol. The maximum absolute atomic E-state index is 14.4. The zero-order valence-corrected chi connectivity index (χ0v) is 27.4. The van der Waals surface area contributed by atoms with Crippen LogP contribution in [0.5, 0.6) is 5.75 Å². The van der Waals surface area contributed by atoms with Crippen molar-refractivity contribution in [3.63, 3.8) is 0 Å². The number of anilines is 1. The highest BCUT2D eigenvalue weighted by Crippen LogP contribution is 2.27. The molecule has 0 saturated carbocycles. The summed E-state index contributed by atoms with van der Waals surface area (Å²) in [6, 6.07) is 27.5. The van der Waals surface area contributed by atoms with Crippen molar-refractivity contribution in [3.8, 4) is 5.75 Å². The van der Waals surface area contributed by atoms with E-state index < -0.39 is 28.5 Å². The van der Waals surface area contributed by atoms with Crippen molar-refractivity contribution >= 4 is 50.7 Å². The van der Waals surface area contributed by atoms with E-state index in [4.69, 9.17) is 27.9 Å². The largest absolute Gasteiger partial charge is 0.497 e. The molecule has 4 rings (SSSR count). The first-order valence-electron chi connectivity index (χ1n) is 14.4. The van der Waals surface area contributed by atoms with Crippen LogP contribution >= 0.6 is 23.2 Å². The fourth-order valence-corrected chi connectivity index (χ4v) is 6.52. The average Bonchev–Trinajstić information content (AvgIpc) is 3.05. The number of hydrogen-bond acceptors (Lipinski definition) is 5. The molecule has 8 nitrogen and oxygen atoms in total. The van der Waals surface area contributed by atoms with Crippen LogP contribution < -0.4 is 14.4 Å². The Bertz CT molecular complexity index is 1690. The number of amides is 2. The van der Waals surface area contributed by atoms with Crippen molar-refractivity contribution in [2.24, 2.45) is 0 Å². The number of ether oxygens (including phenoxy) is 1. The van der Waals surface area contributed by atoms with Gasteiger partial charge in [0, 0.05) is 29.6 Å². The number of halogens is 2. The van der Waals surface area contributed by atoms with Crippen molar-refractivity contribution in [1.82, 2.24) is 10.2 Å². The van der Waals surface area contributed by atoms with Gasteiger partial charge in [-0.25, -0.2) is 8.42 Å². The van der Waals surface area contributed by atoms with Crippen molar-refractivity contribution < 1.29 is 22.7 Å². The van der Waals surface area contributed by atoms with Gasteiger partial charge in [0.15, 0.2) is 0 Å². The Morgan fingerprint density at radius 3 is 2.13 bits per heavy atom. The number of carbonyl (C=O) groups excluding carboxylic acids is 2. The first-order valence-corrected chi connectivity index (χ1v) is 16.6. The number of carbonyl (C=O) groups is 2. The molecule has 2 amide bonds. The standard InChI is InChI=1S/C34H35Cl2N3O5S/c1-3-20-37-34(41)32(22-25-8-5-4-6-9-25)38(23-26-10-7-11-28(36)21-26)33(40)24-39(29-14-12-27(35)13-15-29)45(42,43)31-18-16-30(44-2)17-19-31/h4-19,21,32H,3,20,22-24H2,1-2H3,(H,37,41). The molecule has 0 aliphatic heterocycles. The number of methoxy groups -OCH3 is 1. The van der Waals surface area contributed by atoms with Crippen LogP contribution in [-0.2, 0) is 32.6 Å². The van der Waals surface area contributed by atoms with E-state index >= 15 is 0 Å². The molecule has 0 radical (unpaired) electrons. The monoisotopic (exact) mass is 667 g/mol. The summed E-state index contributed by atoms with van der Waals surface area (Å²) in [6.45, 7) is 1.80. The molecule has 0 aliphatic carbocycles. The van der Waals surface area contributed by atoms with Crippen LogP contribution in [0.15, 0.2) is 108 Å². The molecule has 0 heterocycles. The maximum Gasteiger partial charge on any atom is 0.264 e. The van der Waals surface area contributed by atoms with Gasteiger partial charge in [0.2, 0.25) is 11.8 Å². The van der Waals surface area contributed by atoms with Gasteiger partial charge in [0.25, 0.3) is 10.0 Å². The third-order valence-electron chi connectivity index (χ3n) is 7.10. The van der Waals surface area contributed by atoms with Crippen molar-refractivity contribution in [1.29, 1.82) is 0 Å². The van der Waals surface area contributed by atoms with E-state index in [-0.39, 0.29) is 29.5 Å². The zero-order chi connectivity index (χ0) is 32.4. The van der Waals surface area contributed by atoms with E-state index in [0.29, 0.717) is 34.3 Å². The van der Waals surface area contributed by atoms with Gasteiger partial charge in [0.1, 0.15) is 18.3 Å². The van der Waals surface area contributed by atoms with Crippen molar-refractivity contribution in [3.05, 3.63) is 124 Å². The normalized spacial score (nSPS) is 11.8. The predicted octanol–water partition coefficient (Wildman–Crippen LogP) is 6.36. The highest BCUT2D eigenvalue weighted by atomic mass is 35.5. The Labute approximate surface area is 274 Å². The highest BCUT2D eigenvalue weighted by molar-refractivity contribution is 7.92. The lowest BCUT2D eigenvalue weighted by atomic mass is 10.0. The molecule has 0 spiro atoms. The molecule has 1 unspecified atom stereocenters. The minimum Gasteiger partial charge on any atom is -0.497 e. The van der Waals surface area contributed by atoms with Crippen LogP contribution in [0.3, 0.4) is 0 Å². The summed E-state index contributed by atoms with van der Waals surface area (Å²) in [5, 5.41) is 3.81. The van der Waals surface area contributed by atoms with E-state index in [1.807, 2.05) is 37.3 Å². The van der Waals surface area contributed by atoms with Gasteiger partial charge in [-0.15, -0.1) is 0 Å². The lowest BCUT2D eigenvalue weighted by molar-refractivity contribution is -0.140. The lowest BCUT2D eigenvalue weighted by Gasteiger charge is -2.34. The highest BCUT2D eigenvalue weighted by Gasteiger charge is 2.34. The van der Waals surface area contributed by atoms with Gasteiger partial charge in [-0.3, -0.25) is 13.9 Å². The van der Waals surface area contributed by atoms with Gasteiger partial charge < -0.3 is 15.0 Å². The van der Waals surface area contributed by atoms with E-state index in [9.17, 15) is 18.0 Å². The molecule has 0 bridgehead atoms. The van der Waals surface area contributed by atoms with Crippen LogP contribution in [0, 0.1) is 0 Å². The molecule has 0 aromatic heterocycles. The van der Waals surface area contributed by atoms with Gasteiger partial charge in [-0.05, 0) is 78.2 Å². The quantitative estimate of drug-likeness (QED) is 0.169. The summed E-state index contributed by atoms with van der Waals surface area (Å²) in [5.41, 5.74) is 1.77. The number of hydrogen-bond donors (Lipinski definition) is 1. The topological polar surface area (TPSA) is 96.0 Å². The SMILES string of the molecule is CCCNC(=O)C(Cc1ccccc1)N(Cc1cccc(Cl)c1)C(=O)CN(c1ccc(Cl)cc1)S(=O)(=O)c1ccc(OC)cc1. The van der Waals surface area contributed by atoms with E-state index in [1.165, 1.54) is 48.4 Å². The smallest absolute Gasteiger partial charge is 0.264 e. The Balaban J connectivity index is 1.79. The van der Waals surface area contributed by atoms with E-state index in [2.05, 4.69) is 5.32 Å². The lowest BCUT2D eigenvalue weighted by Crippen LogP contribution is -2.53. The summed E-state index contributed by atoms with van der Waals surface area (Å²) in [5.74, 6) is -0.431. The summed E-state index contributed by atoms with van der Waals surface area (Å²) in [6.07, 6.45) is 0.922. The molecule has 0 fully saturated rings. The Morgan fingerprint density at radius 1 is 0.844 bits per heavy atom. The van der Waals surface area contributed by atoms with Crippen LogP contribution in [0.25, 0.3) is 0 Å². The number of nitrogens with zero attached hydrogens (tertiary/aromatic N) is 2. The van der Waals surface area contributed by atoms with Gasteiger partial charge in [-0.1, -0.05) is 72.6 Å². The summed E-state index contributed by atoms with van der Waals surface area (Å²) < 4.78 is 34.4. The van der Waals surface area contributed by atoms with Crippen LogP contribution in [0.2, 0.25) is 10.0 Å². The minimum atomic E-state index is -4.25. The second-order valence-corrected chi connectivity index (χ2v) is 13.0. The second-order valence-electron chi connectivity index (χ2n) is 10.3. The minimum absolute atomic E-state index is 0.0213. The van der Waals surface area contributed by atoms with E-state index in [0.717, 1.165) is 9.87 Å². The third-order valence-corrected chi connectivity index (χ3v) is 9.38. The molecule has 4 aromatic rings. The van der Waals surface area contributed by atoms with Gasteiger partial charge in [0.05, 0.1) is 17.7 Å². The van der Waals surface area contributed by atoms with Gasteiger partial charge >= 0.3 is 0 Å². The maximum atomic E-state index is 14.4. The number of benzene rings is 4. The Morgan fingerprint density at radius 2 is 1.51 bits per heavy atom. The summed E-state index contributed by atoms with van der Waals surface area (Å²) >= 11 is 12.4. The Kier molecular flexibility index (Phi) is 11.9. The fourth-order valence-electron chi connectivity index (χ4n) is 4.76. The first kappa shape index (κ1) is 33.8. The second kappa shape index (κ2) is 15.8. The van der Waals surface area contributed by atoms with Crippen LogP contribution in [0.4, 0.5) is 5.69 Å². The fraction of sp³-hybridized carbons (Fsp3) is 0.235. The number of rotatable bonds is 14. The van der Waals surface area contributed by atoms with Crippen molar-refractivity contribution in [2.75, 3.05) is 24.5 Å². The number of nitrogens with one attached hydrogen (secondary N) is 1. The van der Waals surface area contributed by atoms with E-state index in [1.54, 1.807) is 36.4 Å². The molecule has 236 valence electrons. The molecule has 1 N–H and O–H groups in total. The molecule has 11 heteroatoms. The predicted molar refractivity (Wildman–Crippen MR) is 178 cm³/mol. The molecular weight excluding hydrogens is 633 g/mol. The van der Waals surface area contributed by atoms with Crippen LogP contribution in [-0.4, -0.2) is 51.4 Å². The molecule has 45 heavy (non-hydrogen) atoms. The molecule has 0 aliphatic rings. The van der Waals surface area contributed by atoms with Crippen molar-refractivity contribution in [2.45, 2.75) is 37.2 Å². The van der Waals surface area contributed by atoms with Crippen LogP contribution in [0.1, 0.15) is 24.5 Å². The molecule has 0 saturated heterocycles. The third kappa shape index (κ3) is 9.00. The van der Waals surface area contributed by atoms with Gasteiger partial charge in [-0.2, -0.15) is 0 Å². The molecular formula is C34H35Cl2N3O5S. The summed E-state index contributed by atoms with van der Waals surface area (Å²) in [4.78, 5) is 29.5. The summed E-state index contributed by atoms with van der Waals surface area (Å²) in [7, 11) is -2.77. The molecule has 4 aromatic carbocycles. The number of sulfonamides is 1. The Hall–Kier alpha value is -4.05. The molecule has 1 atom stereocenters.